The van der Waals surface area contributed by atoms with Gasteiger partial charge >= 0.3 is 217 Å². The summed E-state index contributed by atoms with van der Waals surface area (Å²) < 4.78 is 0.289. The van der Waals surface area contributed by atoms with Gasteiger partial charge in [-0.2, -0.15) is 0 Å². The number of benzene rings is 1. The van der Waals surface area contributed by atoms with Crippen LogP contribution in [0.25, 0.3) is 0 Å². The van der Waals surface area contributed by atoms with Crippen LogP contribution >= 0.6 is 8.92 Å². The predicted molar refractivity (Wildman–Crippen MR) is 164 cm³/mol. The summed E-state index contributed by atoms with van der Waals surface area (Å²) >= 11 is -2.75. The van der Waals surface area contributed by atoms with E-state index in [0.717, 1.165) is 0 Å². The zero-order valence-corrected chi connectivity index (χ0v) is 27.9. The van der Waals surface area contributed by atoms with Gasteiger partial charge in [0.1, 0.15) is 0 Å². The maximum atomic E-state index is 7.45. The van der Waals surface area contributed by atoms with Crippen molar-refractivity contribution in [2.24, 2.45) is 0 Å². The summed E-state index contributed by atoms with van der Waals surface area (Å²) in [6, 6.07) is 11.5. The van der Waals surface area contributed by atoms with Crippen LogP contribution in [0.1, 0.15) is 161 Å². The quantitative estimate of drug-likeness (QED) is 0.0806. The van der Waals surface area contributed by atoms with E-state index in [9.17, 15) is 0 Å². The molecule has 0 amide bonds. The topological polar surface area (TPSA) is 0 Å². The summed E-state index contributed by atoms with van der Waals surface area (Å²) in [7, 11) is 7.45. The summed E-state index contributed by atoms with van der Waals surface area (Å²) in [6.45, 7) is 4.61. The van der Waals surface area contributed by atoms with Crippen LogP contribution in [0.5, 0.6) is 0 Å². The van der Waals surface area contributed by atoms with Crippen LogP contribution in [0.2, 0.25) is 9.88 Å². The molecule has 0 spiro atoms. The molecule has 1 rings (SSSR count). The fraction of sp³-hybridized carbons (Fsp3) is 0.818. The van der Waals surface area contributed by atoms with Crippen molar-refractivity contribution in [3.63, 3.8) is 0 Å². The van der Waals surface area contributed by atoms with Gasteiger partial charge in [-0.3, -0.25) is 0 Å². The standard InChI is InChI=1S/C31H55.2CH3.ClH.Sn/c1-3-5-7-9-11-13-15-17-19-22-26-30(31-28-24-21-25-29-31)27-23-20-18-16-14-12-10-8-6-4-2;;;;/h21,24-25,28-29H,3-20,22-23,26-27H2,1-2H3;2*1H3;1H;/q;;;;+1/p-1. The van der Waals surface area contributed by atoms with Gasteiger partial charge < -0.3 is 0 Å². The molecule has 0 radical (unpaired) electrons. The molecule has 0 heterocycles. The third kappa shape index (κ3) is 14.7. The van der Waals surface area contributed by atoms with Gasteiger partial charge in [-0.25, -0.2) is 0 Å². The number of hydrogen-bond acceptors (Lipinski definition) is 0. The van der Waals surface area contributed by atoms with Crippen molar-refractivity contribution >= 4 is 26.2 Å². The SMILES string of the molecule is CCCCCCCCCCCC[C](CCCCCCCCCCCC)(c1ccccc1)[Sn]([CH3])([CH3])[Cl]. The molecule has 2 heteroatoms. The van der Waals surface area contributed by atoms with Crippen LogP contribution in [0.15, 0.2) is 30.3 Å². The molecule has 0 aliphatic rings. The van der Waals surface area contributed by atoms with Gasteiger partial charge in [0.2, 0.25) is 0 Å². The fourth-order valence-corrected chi connectivity index (χ4v) is 14.8. The van der Waals surface area contributed by atoms with Crippen molar-refractivity contribution in [3.05, 3.63) is 35.9 Å². The van der Waals surface area contributed by atoms with Crippen molar-refractivity contribution < 1.29 is 0 Å². The van der Waals surface area contributed by atoms with E-state index in [-0.39, 0.29) is 3.43 Å². The summed E-state index contributed by atoms with van der Waals surface area (Å²) in [6.07, 6.45) is 30.9. The number of hydrogen-bond donors (Lipinski definition) is 0. The Hall–Kier alpha value is 0.309. The molecular weight excluding hydrogens is 551 g/mol. The Morgan fingerprint density at radius 3 is 1.14 bits per heavy atom. The summed E-state index contributed by atoms with van der Waals surface area (Å²) in [5.74, 6) is 0. The zero-order chi connectivity index (χ0) is 25.7. The normalized spacial score (nSPS) is 12.4. The van der Waals surface area contributed by atoms with Crippen LogP contribution < -0.4 is 0 Å². The number of halogens is 1. The molecule has 0 aliphatic heterocycles. The van der Waals surface area contributed by atoms with E-state index >= 15 is 0 Å². The second-order valence-corrected chi connectivity index (χ2v) is 29.3. The van der Waals surface area contributed by atoms with E-state index in [2.05, 4.69) is 54.1 Å². The number of unbranched alkanes of at least 4 members (excludes halogenated alkanes) is 18. The molecule has 0 saturated heterocycles. The molecule has 0 aliphatic carbocycles. The minimum absolute atomic E-state index is 0.289. The Labute approximate surface area is 229 Å². The third-order valence-corrected chi connectivity index (χ3v) is 19.6. The second kappa shape index (κ2) is 21.3. The summed E-state index contributed by atoms with van der Waals surface area (Å²) in [5.41, 5.74) is 1.56. The van der Waals surface area contributed by atoms with Gasteiger partial charge in [-0.05, 0) is 0 Å². The van der Waals surface area contributed by atoms with Gasteiger partial charge in [0, 0.05) is 0 Å². The number of rotatable bonds is 24. The average molecular weight is 612 g/mol. The van der Waals surface area contributed by atoms with E-state index in [1.165, 1.54) is 141 Å². The Kier molecular flexibility index (Phi) is 20.3. The molecule has 0 N–H and O–H groups in total. The predicted octanol–water partition coefficient (Wildman–Crippen LogP) is 12.5. The van der Waals surface area contributed by atoms with E-state index in [4.69, 9.17) is 8.92 Å². The van der Waals surface area contributed by atoms with Crippen LogP contribution in [-0.2, 0) is 3.43 Å². The monoisotopic (exact) mass is 612 g/mol. The molecule has 35 heavy (non-hydrogen) atoms. The molecule has 0 nitrogen and oxygen atoms in total. The molecule has 0 atom stereocenters. The molecule has 0 unspecified atom stereocenters. The Balaban J connectivity index is 2.49. The minimum atomic E-state index is -2.75. The van der Waals surface area contributed by atoms with Crippen LogP contribution in [0, 0.1) is 0 Å². The molecule has 204 valence electrons. The first kappa shape index (κ1) is 33.3. The van der Waals surface area contributed by atoms with Gasteiger partial charge in [-0.15, -0.1) is 0 Å². The van der Waals surface area contributed by atoms with Crippen molar-refractivity contribution in [1.82, 2.24) is 0 Å². The van der Waals surface area contributed by atoms with E-state index in [0.29, 0.717) is 0 Å². The Morgan fingerprint density at radius 2 is 0.829 bits per heavy atom. The first-order chi connectivity index (χ1) is 17.0. The molecular formula is C33H61ClSn. The Bertz CT molecular complexity index is 553. The molecule has 0 fully saturated rings. The van der Waals surface area contributed by atoms with Crippen LogP contribution in [-0.4, -0.2) is 17.3 Å². The van der Waals surface area contributed by atoms with Crippen molar-refractivity contribution in [3.8, 4) is 0 Å². The first-order valence-electron chi connectivity index (χ1n) is 15.7. The Morgan fingerprint density at radius 1 is 0.514 bits per heavy atom. The van der Waals surface area contributed by atoms with Gasteiger partial charge in [0.25, 0.3) is 0 Å². The van der Waals surface area contributed by atoms with Gasteiger partial charge in [0.15, 0.2) is 0 Å². The zero-order valence-electron chi connectivity index (χ0n) is 24.3. The van der Waals surface area contributed by atoms with Crippen LogP contribution in [0.4, 0.5) is 0 Å². The van der Waals surface area contributed by atoms with E-state index < -0.39 is 17.3 Å². The maximum absolute atomic E-state index is 7.45. The van der Waals surface area contributed by atoms with Crippen LogP contribution in [0.3, 0.4) is 0 Å². The van der Waals surface area contributed by atoms with Gasteiger partial charge in [0.05, 0.1) is 0 Å². The average Bonchev–Trinajstić information content (AvgIpc) is 2.84. The molecule has 1 aromatic carbocycles. The van der Waals surface area contributed by atoms with Gasteiger partial charge in [-0.1, -0.05) is 13.8 Å². The fourth-order valence-electron chi connectivity index (χ4n) is 5.94. The van der Waals surface area contributed by atoms with Crippen molar-refractivity contribution in [2.45, 2.75) is 168 Å². The molecule has 0 aromatic heterocycles. The molecule has 0 bridgehead atoms. The summed E-state index contributed by atoms with van der Waals surface area (Å²) in [5, 5.41) is 0. The summed E-state index contributed by atoms with van der Waals surface area (Å²) in [4.78, 5) is 4.96. The van der Waals surface area contributed by atoms with E-state index in [1.54, 1.807) is 5.56 Å². The molecule has 1 aromatic rings. The first-order valence-corrected chi connectivity index (χ1v) is 26.5. The molecule has 0 saturated carbocycles. The second-order valence-electron chi connectivity index (χ2n) is 11.8. The van der Waals surface area contributed by atoms with Crippen molar-refractivity contribution in [1.29, 1.82) is 0 Å². The van der Waals surface area contributed by atoms with E-state index in [1.807, 2.05) is 0 Å². The third-order valence-electron chi connectivity index (χ3n) is 8.38. The van der Waals surface area contributed by atoms with Crippen molar-refractivity contribution in [2.75, 3.05) is 0 Å².